The van der Waals surface area contributed by atoms with Crippen molar-refractivity contribution in [2.75, 3.05) is 33.3 Å². The minimum atomic E-state index is -0.949. The second-order valence-corrected chi connectivity index (χ2v) is 11.7. The number of alkyl carbamates (subject to hydrolysis) is 1. The van der Waals surface area contributed by atoms with Gasteiger partial charge in [-0.15, -0.1) is 0 Å². The summed E-state index contributed by atoms with van der Waals surface area (Å²) in [5.41, 5.74) is 5.03. The lowest BCUT2D eigenvalue weighted by atomic mass is 9.83. The predicted molar refractivity (Wildman–Crippen MR) is 161 cm³/mol. The molecule has 0 bridgehead atoms. The van der Waals surface area contributed by atoms with Gasteiger partial charge in [0.1, 0.15) is 6.61 Å². The van der Waals surface area contributed by atoms with Crippen molar-refractivity contribution in [1.82, 2.24) is 15.1 Å². The van der Waals surface area contributed by atoms with E-state index in [1.807, 2.05) is 42.5 Å². The summed E-state index contributed by atoms with van der Waals surface area (Å²) in [6.45, 7) is 4.10. The minimum Gasteiger partial charge on any atom is -0.481 e. The first-order valence-electron chi connectivity index (χ1n) is 14.6. The molecule has 2 N–H and O–H groups in total. The number of rotatable bonds is 10. The van der Waals surface area contributed by atoms with Crippen LogP contribution in [0.3, 0.4) is 0 Å². The molecule has 1 fully saturated rings. The van der Waals surface area contributed by atoms with Gasteiger partial charge in [0.2, 0.25) is 5.91 Å². The van der Waals surface area contributed by atoms with Gasteiger partial charge in [0, 0.05) is 39.1 Å². The number of ether oxygens (including phenoxy) is 1. The van der Waals surface area contributed by atoms with Gasteiger partial charge in [-0.05, 0) is 40.7 Å². The van der Waals surface area contributed by atoms with E-state index in [-0.39, 0.29) is 31.4 Å². The zero-order chi connectivity index (χ0) is 29.7. The van der Waals surface area contributed by atoms with Gasteiger partial charge in [-0.3, -0.25) is 14.5 Å². The average molecular weight is 570 g/mol. The third kappa shape index (κ3) is 6.65. The molecule has 5 rings (SSSR count). The van der Waals surface area contributed by atoms with Gasteiger partial charge in [0.25, 0.3) is 0 Å². The third-order valence-corrected chi connectivity index (χ3v) is 8.66. The van der Waals surface area contributed by atoms with E-state index in [0.29, 0.717) is 25.9 Å². The van der Waals surface area contributed by atoms with Crippen LogP contribution in [0, 0.1) is 5.92 Å². The number of amides is 2. The number of likely N-dealkylation sites (tertiary alicyclic amines) is 1. The van der Waals surface area contributed by atoms with Crippen LogP contribution < -0.4 is 5.32 Å². The first kappa shape index (κ1) is 29.3. The highest BCUT2D eigenvalue weighted by Crippen LogP contribution is 2.44. The highest BCUT2D eigenvalue weighted by molar-refractivity contribution is 5.80. The van der Waals surface area contributed by atoms with Gasteiger partial charge in [-0.25, -0.2) is 4.79 Å². The van der Waals surface area contributed by atoms with E-state index in [1.54, 1.807) is 14.0 Å². The number of carboxylic acid groups (broad SMARTS) is 1. The molecule has 0 radical (unpaired) electrons. The predicted octanol–water partition coefficient (Wildman–Crippen LogP) is 5.13. The van der Waals surface area contributed by atoms with E-state index < -0.39 is 23.5 Å². The number of carbonyl (C=O) groups excluding carboxylic acids is 2. The number of piperidine rings is 1. The Hall–Kier alpha value is -4.17. The van der Waals surface area contributed by atoms with Gasteiger partial charge in [-0.1, -0.05) is 85.8 Å². The van der Waals surface area contributed by atoms with Crippen LogP contribution in [0.15, 0.2) is 78.9 Å². The molecule has 1 unspecified atom stereocenters. The van der Waals surface area contributed by atoms with Gasteiger partial charge in [0.15, 0.2) is 0 Å². The number of benzene rings is 3. The molecule has 1 aliphatic carbocycles. The van der Waals surface area contributed by atoms with Crippen LogP contribution >= 0.6 is 0 Å². The standard InChI is InChI=1S/C34H39N3O5/c1-24(32(39)40)21-36(2)31(38)20-34(16-18-37(19-17-34)22-25-10-4-3-5-11-25)35-33(41)42-23-30-28-14-8-6-12-26(28)27-13-7-9-15-29(27)30/h3-15,24,30H,16-23H2,1-2H3,(H,35,41)(H,39,40). The number of carbonyl (C=O) groups is 3. The highest BCUT2D eigenvalue weighted by Gasteiger charge is 2.40. The lowest BCUT2D eigenvalue weighted by Crippen LogP contribution is -2.57. The quantitative estimate of drug-likeness (QED) is 0.351. The monoisotopic (exact) mass is 569 g/mol. The molecule has 0 aromatic heterocycles. The van der Waals surface area contributed by atoms with Crippen molar-refractivity contribution >= 4 is 18.0 Å². The summed E-state index contributed by atoms with van der Waals surface area (Å²) < 4.78 is 5.86. The van der Waals surface area contributed by atoms with Crippen molar-refractivity contribution < 1.29 is 24.2 Å². The molecular weight excluding hydrogens is 530 g/mol. The Morgan fingerprint density at radius 1 is 0.952 bits per heavy atom. The fourth-order valence-corrected chi connectivity index (χ4v) is 6.19. The molecule has 2 aliphatic rings. The molecule has 8 heteroatoms. The number of hydrogen-bond donors (Lipinski definition) is 2. The zero-order valence-corrected chi connectivity index (χ0v) is 24.3. The number of nitrogens with zero attached hydrogens (tertiary/aromatic N) is 2. The van der Waals surface area contributed by atoms with Gasteiger partial charge in [0.05, 0.1) is 17.9 Å². The maximum Gasteiger partial charge on any atom is 0.407 e. The van der Waals surface area contributed by atoms with Crippen LogP contribution in [0.1, 0.15) is 48.8 Å². The summed E-state index contributed by atoms with van der Waals surface area (Å²) in [5.74, 6) is -1.89. The summed E-state index contributed by atoms with van der Waals surface area (Å²) in [6.07, 6.45) is 0.706. The Morgan fingerprint density at radius 2 is 1.52 bits per heavy atom. The van der Waals surface area contributed by atoms with Crippen LogP contribution in [-0.4, -0.2) is 71.7 Å². The lowest BCUT2D eigenvalue weighted by Gasteiger charge is -2.42. The highest BCUT2D eigenvalue weighted by atomic mass is 16.5. The van der Waals surface area contributed by atoms with Crippen LogP contribution in [0.4, 0.5) is 4.79 Å². The van der Waals surface area contributed by atoms with Crippen LogP contribution in [0.2, 0.25) is 0 Å². The molecule has 220 valence electrons. The third-order valence-electron chi connectivity index (χ3n) is 8.66. The summed E-state index contributed by atoms with van der Waals surface area (Å²) in [6, 6.07) is 26.6. The SMILES string of the molecule is CC(CN(C)C(=O)CC1(NC(=O)OCC2c3ccccc3-c3ccccc32)CCN(Cc2ccccc2)CC1)C(=O)O. The van der Waals surface area contributed by atoms with E-state index in [2.05, 4.69) is 46.6 Å². The number of fused-ring (bicyclic) bond motifs is 3. The summed E-state index contributed by atoms with van der Waals surface area (Å²) in [7, 11) is 1.62. The fourth-order valence-electron chi connectivity index (χ4n) is 6.19. The largest absolute Gasteiger partial charge is 0.481 e. The fraction of sp³-hybridized carbons (Fsp3) is 0.382. The second kappa shape index (κ2) is 12.8. The normalized spacial score (nSPS) is 16.6. The number of aliphatic carboxylic acids is 1. The van der Waals surface area contributed by atoms with Crippen LogP contribution in [0.25, 0.3) is 11.1 Å². The maximum atomic E-state index is 13.3. The average Bonchev–Trinajstić information content (AvgIpc) is 3.31. The topological polar surface area (TPSA) is 99.2 Å². The zero-order valence-electron chi connectivity index (χ0n) is 24.3. The van der Waals surface area contributed by atoms with Crippen molar-refractivity contribution in [2.24, 2.45) is 5.92 Å². The van der Waals surface area contributed by atoms with E-state index in [4.69, 9.17) is 4.74 Å². The maximum absolute atomic E-state index is 13.3. The Morgan fingerprint density at radius 3 is 2.12 bits per heavy atom. The molecule has 3 aromatic carbocycles. The Balaban J connectivity index is 1.27. The number of carboxylic acids is 1. The Bertz CT molecular complexity index is 1370. The molecule has 3 aromatic rings. The molecule has 1 heterocycles. The lowest BCUT2D eigenvalue weighted by molar-refractivity contribution is -0.142. The molecule has 8 nitrogen and oxygen atoms in total. The van der Waals surface area contributed by atoms with Gasteiger partial charge >= 0.3 is 12.1 Å². The summed E-state index contributed by atoms with van der Waals surface area (Å²) in [5, 5.41) is 12.4. The smallest absolute Gasteiger partial charge is 0.407 e. The van der Waals surface area contributed by atoms with E-state index in [1.165, 1.54) is 10.5 Å². The molecule has 1 atom stereocenters. The molecule has 2 amide bonds. The van der Waals surface area contributed by atoms with Gasteiger partial charge < -0.3 is 20.1 Å². The van der Waals surface area contributed by atoms with E-state index in [9.17, 15) is 19.5 Å². The van der Waals surface area contributed by atoms with Crippen LogP contribution in [-0.2, 0) is 20.9 Å². The van der Waals surface area contributed by atoms with E-state index >= 15 is 0 Å². The number of nitrogens with one attached hydrogen (secondary N) is 1. The summed E-state index contributed by atoms with van der Waals surface area (Å²) >= 11 is 0. The molecular formula is C34H39N3O5. The molecule has 1 aliphatic heterocycles. The van der Waals surface area contributed by atoms with Gasteiger partial charge in [-0.2, -0.15) is 0 Å². The van der Waals surface area contributed by atoms with Crippen molar-refractivity contribution in [3.8, 4) is 11.1 Å². The first-order valence-corrected chi connectivity index (χ1v) is 14.6. The Kier molecular flexibility index (Phi) is 8.92. The molecule has 0 spiro atoms. The van der Waals surface area contributed by atoms with E-state index in [0.717, 1.165) is 28.8 Å². The first-order chi connectivity index (χ1) is 20.2. The Labute approximate surface area is 247 Å². The minimum absolute atomic E-state index is 0.0582. The van der Waals surface area contributed by atoms with Crippen molar-refractivity contribution in [1.29, 1.82) is 0 Å². The molecule has 0 saturated carbocycles. The molecule has 42 heavy (non-hydrogen) atoms. The van der Waals surface area contributed by atoms with Crippen molar-refractivity contribution in [2.45, 2.75) is 44.2 Å². The van der Waals surface area contributed by atoms with Crippen molar-refractivity contribution in [3.63, 3.8) is 0 Å². The molecule has 1 saturated heterocycles. The summed E-state index contributed by atoms with van der Waals surface area (Å²) in [4.78, 5) is 41.8. The number of hydrogen-bond acceptors (Lipinski definition) is 5. The van der Waals surface area contributed by atoms with Crippen LogP contribution in [0.5, 0.6) is 0 Å². The van der Waals surface area contributed by atoms with Crippen molar-refractivity contribution in [3.05, 3.63) is 95.6 Å². The second-order valence-electron chi connectivity index (χ2n) is 11.7.